The summed E-state index contributed by atoms with van der Waals surface area (Å²) in [6.45, 7) is 4.39. The van der Waals surface area contributed by atoms with Crippen molar-refractivity contribution in [3.63, 3.8) is 0 Å². The van der Waals surface area contributed by atoms with E-state index in [2.05, 4.69) is 23.9 Å². The maximum absolute atomic E-state index is 11.5. The van der Waals surface area contributed by atoms with E-state index in [0.717, 1.165) is 5.69 Å². The predicted molar refractivity (Wildman–Crippen MR) is 62.3 cm³/mol. The van der Waals surface area contributed by atoms with Gasteiger partial charge in [-0.05, 0) is 19.3 Å². The van der Waals surface area contributed by atoms with Gasteiger partial charge in [-0.25, -0.2) is 0 Å². The monoisotopic (exact) mass is 284 g/mol. The number of aromatic nitrogens is 3. The fourth-order valence-corrected chi connectivity index (χ4v) is 1.17. The third kappa shape index (κ3) is 4.16. The van der Waals surface area contributed by atoms with Crippen LogP contribution in [0.3, 0.4) is 0 Å². The van der Waals surface area contributed by atoms with Crippen molar-refractivity contribution >= 4 is 16.9 Å². The van der Waals surface area contributed by atoms with Crippen molar-refractivity contribution in [2.24, 2.45) is 0 Å². The second-order valence-electron chi connectivity index (χ2n) is 3.26. The second-order valence-corrected chi connectivity index (χ2v) is 3.26. The molecule has 93 valence electrons. The number of pyridine rings is 1. The van der Waals surface area contributed by atoms with E-state index in [1.807, 2.05) is 6.92 Å². The molecule has 1 N–H and O–H groups in total. The molecule has 2 aromatic heterocycles. The average molecular weight is 284 g/mol. The molecule has 6 nitrogen and oxygen atoms in total. The molecule has 0 aromatic carbocycles. The molecule has 2 rings (SSSR count). The zero-order chi connectivity index (χ0) is 13.0. The van der Waals surface area contributed by atoms with Gasteiger partial charge in [-0.2, -0.15) is 0 Å². The first kappa shape index (κ1) is 16.1. The van der Waals surface area contributed by atoms with Crippen LogP contribution in [0.15, 0.2) is 23.4 Å². The summed E-state index contributed by atoms with van der Waals surface area (Å²) in [7, 11) is 3.52. The summed E-state index contributed by atoms with van der Waals surface area (Å²) in [4.78, 5) is 28.5. The van der Waals surface area contributed by atoms with Crippen LogP contribution in [0.2, 0.25) is 0 Å². The van der Waals surface area contributed by atoms with Gasteiger partial charge in [-0.1, -0.05) is 0 Å². The molecule has 0 unspecified atom stereocenters. The molecule has 18 heavy (non-hydrogen) atoms. The summed E-state index contributed by atoms with van der Waals surface area (Å²) in [5.41, 5.74) is 1.27. The number of hydrogen-bond donors (Lipinski definition) is 1. The van der Waals surface area contributed by atoms with Gasteiger partial charge in [0.05, 0.1) is 11.7 Å². The number of carboxylic acids is 1. The second kappa shape index (κ2) is 6.73. The third-order valence-electron chi connectivity index (χ3n) is 1.85. The molecule has 0 spiro atoms. The quantitative estimate of drug-likeness (QED) is 0.718. The number of carbonyl (C=O) groups is 1. The summed E-state index contributed by atoms with van der Waals surface area (Å²) in [5.74, 6) is -1.08. The fourth-order valence-electron chi connectivity index (χ4n) is 1.17. The first-order valence-electron chi connectivity index (χ1n) is 4.61. The topological polar surface area (TPSA) is 85.1 Å². The van der Waals surface area contributed by atoms with Crippen LogP contribution < -0.4 is 5.56 Å². The van der Waals surface area contributed by atoms with Crippen LogP contribution in [0.25, 0.3) is 10.9 Å². The average Bonchev–Trinajstić information content (AvgIpc) is 2.23. The number of rotatable bonds is 0. The van der Waals surface area contributed by atoms with Crippen molar-refractivity contribution in [1.29, 1.82) is 0 Å². The van der Waals surface area contributed by atoms with E-state index >= 15 is 0 Å². The molecule has 0 saturated heterocycles. The van der Waals surface area contributed by atoms with Gasteiger partial charge >= 0.3 is 18.6 Å². The van der Waals surface area contributed by atoms with E-state index in [1.165, 1.54) is 10.9 Å². The van der Waals surface area contributed by atoms with Crippen LogP contribution >= 0.6 is 0 Å². The van der Waals surface area contributed by atoms with Crippen molar-refractivity contribution in [2.75, 3.05) is 0 Å². The van der Waals surface area contributed by atoms with Gasteiger partial charge in [-0.3, -0.25) is 16.7 Å². The van der Waals surface area contributed by atoms with Gasteiger partial charge in [0.15, 0.2) is 11.5 Å². The van der Waals surface area contributed by atoms with E-state index in [9.17, 15) is 4.79 Å². The largest absolute Gasteiger partial charge is 2.00 e. The Morgan fingerprint density at radius 2 is 2.00 bits per heavy atom. The Morgan fingerprint density at radius 3 is 2.56 bits per heavy atom. The van der Waals surface area contributed by atoms with Gasteiger partial charge in [0.25, 0.3) is 0 Å². The molecule has 2 aromatic rings. The van der Waals surface area contributed by atoms with Crippen molar-refractivity contribution in [3.05, 3.63) is 48.6 Å². The Labute approximate surface area is 116 Å². The van der Waals surface area contributed by atoms with Gasteiger partial charge in [-0.15, -0.1) is 7.05 Å². The Morgan fingerprint density at radius 1 is 1.44 bits per heavy atom. The van der Waals surface area contributed by atoms with E-state index < -0.39 is 5.97 Å². The van der Waals surface area contributed by atoms with Crippen LogP contribution in [-0.4, -0.2) is 25.6 Å². The van der Waals surface area contributed by atoms with Crippen LogP contribution in [0.1, 0.15) is 5.69 Å². The maximum atomic E-state index is 11.5. The molecule has 0 saturated carbocycles. The van der Waals surface area contributed by atoms with Gasteiger partial charge in [0.1, 0.15) is 0 Å². The number of aliphatic carboxylic acids is 1. The van der Waals surface area contributed by atoms with Crippen molar-refractivity contribution in [2.45, 2.75) is 6.92 Å². The van der Waals surface area contributed by atoms with E-state index in [-0.39, 0.29) is 24.1 Å². The molecular formula is C11H11N3O3V. The maximum Gasteiger partial charge on any atom is 2.00 e. The molecule has 0 aliphatic rings. The fraction of sp³-hybridized carbons (Fsp3) is 0.0909. The summed E-state index contributed by atoms with van der Waals surface area (Å²) >= 11 is 0. The first-order valence-corrected chi connectivity index (χ1v) is 4.61. The van der Waals surface area contributed by atoms with Crippen molar-refractivity contribution in [3.8, 4) is 0 Å². The summed E-state index contributed by atoms with van der Waals surface area (Å²) < 4.78 is 1.21. The predicted octanol–water partition coefficient (Wildman–Crippen LogP) is 0.642. The Bertz CT molecular complexity index is 601. The van der Waals surface area contributed by atoms with Gasteiger partial charge in [0, 0.05) is 11.1 Å². The molecular weight excluding hydrogens is 273 g/mol. The van der Waals surface area contributed by atoms with Crippen LogP contribution in [0, 0.1) is 20.9 Å². The zero-order valence-corrected chi connectivity index (χ0v) is 11.1. The molecule has 0 fully saturated rings. The molecule has 7 heteroatoms. The standard InChI is InChI=1S/C9H8N3O.C2H3O2.V/c1-6-3-7-8(4-10-6)11-5-12(2)9(7)13;1-2(3)4;/h3-5H,2H2,1H3;1H2,(H,3,4);/q2*-1;+2. The molecule has 0 aliphatic heterocycles. The number of hydrogen-bond acceptors (Lipinski definition) is 4. The minimum Gasteiger partial charge on any atom is -0.503 e. The Hall–Kier alpha value is -1.92. The van der Waals surface area contributed by atoms with E-state index in [4.69, 9.17) is 9.90 Å². The summed E-state index contributed by atoms with van der Waals surface area (Å²) in [5, 5.41) is 7.87. The number of nitrogens with zero attached hydrogens (tertiary/aromatic N) is 3. The van der Waals surface area contributed by atoms with E-state index in [0.29, 0.717) is 10.9 Å². The number of carboxylic acid groups (broad SMARTS) is 1. The zero-order valence-electron chi connectivity index (χ0n) is 9.70. The molecule has 0 amide bonds. The number of fused-ring (bicyclic) bond motifs is 1. The smallest absolute Gasteiger partial charge is 0.503 e. The van der Waals surface area contributed by atoms with E-state index in [1.54, 1.807) is 12.3 Å². The molecule has 2 heterocycles. The molecule has 0 atom stereocenters. The summed E-state index contributed by atoms with van der Waals surface area (Å²) in [6.07, 6.45) is 2.98. The minimum absolute atomic E-state index is 0. The normalized spacial score (nSPS) is 8.94. The molecule has 0 bridgehead atoms. The van der Waals surface area contributed by atoms with Gasteiger partial charge < -0.3 is 19.5 Å². The SMILES string of the molecule is [CH2-]C(=O)O.[CH2-]n1cnc2cnc(C)cc2c1=O.[V+2]. The van der Waals surface area contributed by atoms with Crippen LogP contribution in [-0.2, 0) is 23.4 Å². The Kier molecular flexibility index (Phi) is 6.01. The number of aryl methyl sites for hydroxylation is 1. The molecule has 1 radical (unpaired) electrons. The summed E-state index contributed by atoms with van der Waals surface area (Å²) in [6, 6.07) is 1.71. The third-order valence-corrected chi connectivity index (χ3v) is 1.85. The van der Waals surface area contributed by atoms with Crippen LogP contribution in [0.5, 0.6) is 0 Å². The Balaban J connectivity index is 0.000000512. The van der Waals surface area contributed by atoms with Crippen molar-refractivity contribution in [1.82, 2.24) is 14.5 Å². The van der Waals surface area contributed by atoms with Gasteiger partial charge in [0.2, 0.25) is 0 Å². The van der Waals surface area contributed by atoms with Crippen molar-refractivity contribution < 1.29 is 28.5 Å². The van der Waals surface area contributed by atoms with Crippen LogP contribution in [0.4, 0.5) is 0 Å². The first-order chi connectivity index (χ1) is 7.91. The minimum atomic E-state index is -1.08. The molecule has 0 aliphatic carbocycles.